The number of amidine groups is 1. The number of oxime groups is 1. The van der Waals surface area contributed by atoms with E-state index < -0.39 is 15.3 Å². The fraction of sp³-hybridized carbons (Fsp3) is 0.778. The molecule has 98 valence electrons. The molecule has 7 nitrogen and oxygen atoms in total. The van der Waals surface area contributed by atoms with E-state index in [1.807, 2.05) is 0 Å². The minimum absolute atomic E-state index is 0.0367. The molecule has 0 atom stereocenters. The second-order valence-electron chi connectivity index (χ2n) is 4.55. The van der Waals surface area contributed by atoms with Crippen LogP contribution >= 0.6 is 0 Å². The van der Waals surface area contributed by atoms with Gasteiger partial charge in [-0.25, -0.2) is 8.42 Å². The molecule has 0 aliphatic carbocycles. The normalized spacial score (nSPS) is 21.3. The van der Waals surface area contributed by atoms with E-state index in [1.165, 1.54) is 18.7 Å². The van der Waals surface area contributed by atoms with E-state index in [0.717, 1.165) is 0 Å². The van der Waals surface area contributed by atoms with E-state index >= 15 is 0 Å². The van der Waals surface area contributed by atoms with Crippen molar-refractivity contribution < 1.29 is 18.4 Å². The van der Waals surface area contributed by atoms with Crippen LogP contribution in [0.2, 0.25) is 0 Å². The number of carbonyl (C=O) groups excluding carboxylic acids is 1. The fourth-order valence-corrected chi connectivity index (χ4v) is 2.75. The summed E-state index contributed by atoms with van der Waals surface area (Å²) in [6, 6.07) is 0. The van der Waals surface area contributed by atoms with Gasteiger partial charge in [-0.05, 0) is 13.8 Å². The van der Waals surface area contributed by atoms with Gasteiger partial charge in [-0.3, -0.25) is 4.79 Å². The Bertz CT molecular complexity index is 427. The number of hydrogen-bond donors (Lipinski definition) is 2. The fourth-order valence-electron chi connectivity index (χ4n) is 1.55. The summed E-state index contributed by atoms with van der Waals surface area (Å²) in [5.74, 6) is -0.589. The van der Waals surface area contributed by atoms with E-state index in [4.69, 9.17) is 10.9 Å². The summed E-state index contributed by atoms with van der Waals surface area (Å²) in [6.45, 7) is 3.38. The minimum atomic E-state index is -3.03. The monoisotopic (exact) mass is 263 g/mol. The molecule has 1 saturated heterocycles. The number of amides is 1. The largest absolute Gasteiger partial charge is 0.409 e. The summed E-state index contributed by atoms with van der Waals surface area (Å²) in [5.41, 5.74) is 4.32. The summed E-state index contributed by atoms with van der Waals surface area (Å²) < 4.78 is 22.5. The predicted molar refractivity (Wildman–Crippen MR) is 62.4 cm³/mol. The van der Waals surface area contributed by atoms with Crippen molar-refractivity contribution in [1.82, 2.24) is 4.90 Å². The Balaban J connectivity index is 2.79. The maximum Gasteiger partial charge on any atom is 0.236 e. The van der Waals surface area contributed by atoms with Gasteiger partial charge in [0.1, 0.15) is 5.41 Å². The summed E-state index contributed by atoms with van der Waals surface area (Å²) in [6.07, 6.45) is 0. The topological polar surface area (TPSA) is 113 Å². The standard InChI is InChI=1S/C9H17N3O4S/c1-9(2,7(10)11-14)8(13)12-3-5-17(15,16)6-4-12/h14H,3-6H2,1-2H3,(H2,10,11). The molecule has 1 heterocycles. The highest BCUT2D eigenvalue weighted by molar-refractivity contribution is 7.91. The number of hydrogen-bond acceptors (Lipinski definition) is 5. The Morgan fingerprint density at radius 1 is 1.35 bits per heavy atom. The Labute approximate surface area is 100 Å². The first kappa shape index (κ1) is 13.8. The maximum atomic E-state index is 12.1. The molecule has 8 heteroatoms. The summed E-state index contributed by atoms with van der Waals surface area (Å²) in [4.78, 5) is 13.5. The molecule has 0 saturated carbocycles. The highest BCUT2D eigenvalue weighted by atomic mass is 32.2. The summed E-state index contributed by atoms with van der Waals surface area (Å²) >= 11 is 0. The third-order valence-electron chi connectivity index (χ3n) is 2.91. The Morgan fingerprint density at radius 2 is 1.82 bits per heavy atom. The number of nitrogens with two attached hydrogens (primary N) is 1. The first-order valence-electron chi connectivity index (χ1n) is 5.18. The Hall–Kier alpha value is -1.31. The lowest BCUT2D eigenvalue weighted by Gasteiger charge is -2.33. The van der Waals surface area contributed by atoms with Gasteiger partial charge in [-0.2, -0.15) is 0 Å². The van der Waals surface area contributed by atoms with Gasteiger partial charge in [-0.15, -0.1) is 0 Å². The molecule has 1 aliphatic heterocycles. The molecule has 0 aromatic carbocycles. The van der Waals surface area contributed by atoms with Crippen LogP contribution in [0, 0.1) is 5.41 Å². The molecule has 1 amide bonds. The van der Waals surface area contributed by atoms with Crippen molar-refractivity contribution >= 4 is 21.6 Å². The molecule has 1 aliphatic rings. The van der Waals surface area contributed by atoms with Crippen molar-refractivity contribution in [3.05, 3.63) is 0 Å². The maximum absolute atomic E-state index is 12.1. The van der Waals surface area contributed by atoms with Crippen LogP contribution in [-0.2, 0) is 14.6 Å². The average molecular weight is 263 g/mol. The van der Waals surface area contributed by atoms with Gasteiger partial charge in [0, 0.05) is 13.1 Å². The molecule has 1 fully saturated rings. The number of sulfone groups is 1. The van der Waals surface area contributed by atoms with Crippen LogP contribution < -0.4 is 5.73 Å². The molecular weight excluding hydrogens is 246 g/mol. The number of carbonyl (C=O) groups is 1. The van der Waals surface area contributed by atoms with Gasteiger partial charge < -0.3 is 15.8 Å². The van der Waals surface area contributed by atoms with E-state index in [0.29, 0.717) is 0 Å². The van der Waals surface area contributed by atoms with Crippen molar-refractivity contribution in [2.75, 3.05) is 24.6 Å². The number of rotatable bonds is 2. The van der Waals surface area contributed by atoms with E-state index in [1.54, 1.807) is 0 Å². The SMILES string of the molecule is CC(C)(C(=O)N1CCS(=O)(=O)CC1)C(N)=NO. The molecule has 17 heavy (non-hydrogen) atoms. The molecule has 0 unspecified atom stereocenters. The van der Waals surface area contributed by atoms with E-state index in [-0.39, 0.29) is 36.3 Å². The van der Waals surface area contributed by atoms with Gasteiger partial charge in [0.25, 0.3) is 0 Å². The quantitative estimate of drug-likeness (QED) is 0.287. The number of nitrogens with zero attached hydrogens (tertiary/aromatic N) is 2. The molecule has 0 radical (unpaired) electrons. The lowest BCUT2D eigenvalue weighted by molar-refractivity contribution is -0.136. The third-order valence-corrected chi connectivity index (χ3v) is 4.52. The molecule has 1 rings (SSSR count). The lowest BCUT2D eigenvalue weighted by Crippen LogP contribution is -2.52. The summed E-state index contributed by atoms with van der Waals surface area (Å²) in [7, 11) is -3.03. The first-order chi connectivity index (χ1) is 7.70. The summed E-state index contributed by atoms with van der Waals surface area (Å²) in [5, 5.41) is 11.4. The van der Waals surface area contributed by atoms with Crippen LogP contribution in [0.4, 0.5) is 0 Å². The van der Waals surface area contributed by atoms with Gasteiger partial charge in [0.05, 0.1) is 11.5 Å². The van der Waals surface area contributed by atoms with E-state index in [9.17, 15) is 13.2 Å². The smallest absolute Gasteiger partial charge is 0.236 e. The van der Waals surface area contributed by atoms with Gasteiger partial charge in [0.2, 0.25) is 5.91 Å². The molecule has 0 aromatic heterocycles. The van der Waals surface area contributed by atoms with Crippen LogP contribution in [0.1, 0.15) is 13.8 Å². The average Bonchev–Trinajstić information content (AvgIpc) is 2.27. The van der Waals surface area contributed by atoms with Gasteiger partial charge >= 0.3 is 0 Å². The van der Waals surface area contributed by atoms with Gasteiger partial charge in [-0.1, -0.05) is 5.16 Å². The zero-order valence-electron chi connectivity index (χ0n) is 9.88. The first-order valence-corrected chi connectivity index (χ1v) is 7.00. The van der Waals surface area contributed by atoms with Crippen molar-refractivity contribution in [3.63, 3.8) is 0 Å². The van der Waals surface area contributed by atoms with Crippen LogP contribution in [0.25, 0.3) is 0 Å². The molecule has 0 aromatic rings. The Kier molecular flexibility index (Phi) is 3.65. The van der Waals surface area contributed by atoms with Crippen molar-refractivity contribution in [2.45, 2.75) is 13.8 Å². The van der Waals surface area contributed by atoms with Gasteiger partial charge in [0.15, 0.2) is 15.7 Å². The highest BCUT2D eigenvalue weighted by Crippen LogP contribution is 2.20. The van der Waals surface area contributed by atoms with E-state index in [2.05, 4.69) is 5.16 Å². The van der Waals surface area contributed by atoms with Crippen molar-refractivity contribution in [3.8, 4) is 0 Å². The molecular formula is C9H17N3O4S. The zero-order chi connectivity index (χ0) is 13.3. The second-order valence-corrected chi connectivity index (χ2v) is 6.86. The lowest BCUT2D eigenvalue weighted by atomic mass is 9.90. The molecule has 0 bridgehead atoms. The van der Waals surface area contributed by atoms with Crippen LogP contribution in [0.15, 0.2) is 5.16 Å². The predicted octanol–water partition coefficient (Wildman–Crippen LogP) is -0.984. The highest BCUT2D eigenvalue weighted by Gasteiger charge is 2.38. The molecule has 0 spiro atoms. The molecule has 3 N–H and O–H groups in total. The van der Waals surface area contributed by atoms with Crippen LogP contribution in [-0.4, -0.2) is 54.9 Å². The van der Waals surface area contributed by atoms with Crippen molar-refractivity contribution in [1.29, 1.82) is 0 Å². The second kappa shape index (κ2) is 4.52. The Morgan fingerprint density at radius 3 is 2.24 bits per heavy atom. The third kappa shape index (κ3) is 2.87. The van der Waals surface area contributed by atoms with Crippen molar-refractivity contribution in [2.24, 2.45) is 16.3 Å². The van der Waals surface area contributed by atoms with Crippen LogP contribution in [0.3, 0.4) is 0 Å². The zero-order valence-corrected chi connectivity index (χ0v) is 10.7. The minimum Gasteiger partial charge on any atom is -0.409 e. The van der Waals surface area contributed by atoms with Crippen LogP contribution in [0.5, 0.6) is 0 Å².